The molecule has 0 spiro atoms. The van der Waals surface area contributed by atoms with Crippen LogP contribution in [0.4, 0.5) is 11.4 Å². The molecule has 11 nitrogen and oxygen atoms in total. The van der Waals surface area contributed by atoms with Crippen molar-refractivity contribution < 1.29 is 14.5 Å². The van der Waals surface area contributed by atoms with Crippen molar-refractivity contribution in [2.45, 2.75) is 71.9 Å². The minimum Gasteiger partial charge on any atom is -0.368 e. The minimum atomic E-state index is -0.418. The molecule has 0 radical (unpaired) electrons. The second-order valence-electron chi connectivity index (χ2n) is 10.6. The summed E-state index contributed by atoms with van der Waals surface area (Å²) in [6, 6.07) is 6.64. The topological polar surface area (TPSA) is 131 Å². The molecule has 41 heavy (non-hydrogen) atoms. The fourth-order valence-electron chi connectivity index (χ4n) is 5.27. The molecule has 2 fully saturated rings. The Hall–Kier alpha value is -3.80. The van der Waals surface area contributed by atoms with Crippen LogP contribution in [0.5, 0.6) is 0 Å². The van der Waals surface area contributed by atoms with E-state index in [0.717, 1.165) is 31.4 Å². The van der Waals surface area contributed by atoms with Gasteiger partial charge in [-0.15, -0.1) is 11.3 Å². The number of carbonyl (C=O) groups is 2. The lowest BCUT2D eigenvalue weighted by Crippen LogP contribution is -2.48. The maximum atomic E-state index is 13.4. The number of aromatic nitrogens is 2. The molecule has 2 aromatic heterocycles. The van der Waals surface area contributed by atoms with Crippen LogP contribution >= 0.6 is 11.3 Å². The van der Waals surface area contributed by atoms with Gasteiger partial charge in [-0.2, -0.15) is 0 Å². The molecule has 1 saturated heterocycles. The van der Waals surface area contributed by atoms with Crippen molar-refractivity contribution in [3.8, 4) is 0 Å². The van der Waals surface area contributed by atoms with E-state index in [9.17, 15) is 24.5 Å². The van der Waals surface area contributed by atoms with Crippen LogP contribution in [0.2, 0.25) is 0 Å². The Kier molecular flexibility index (Phi) is 10.1. The third kappa shape index (κ3) is 7.10. The SMILES string of the molecule is CCC.Cc1c(C(=O)N2CCN(c3cccc([N+](=O)[O-])c3)CC2)sc2ncn(CC(=O)NC3CCCCC3)c(=O)c12. The summed E-state index contributed by atoms with van der Waals surface area (Å²) in [5, 5.41) is 14.5. The Morgan fingerprint density at radius 1 is 1.12 bits per heavy atom. The van der Waals surface area contributed by atoms with Crippen LogP contribution < -0.4 is 15.8 Å². The highest BCUT2D eigenvalue weighted by Crippen LogP contribution is 2.29. The Labute approximate surface area is 243 Å². The number of hydrogen-bond acceptors (Lipinski definition) is 8. The van der Waals surface area contributed by atoms with Gasteiger partial charge in [-0.1, -0.05) is 45.6 Å². The molecule has 1 saturated carbocycles. The first-order valence-corrected chi connectivity index (χ1v) is 15.1. The number of hydrogen-bond donors (Lipinski definition) is 1. The first-order valence-electron chi connectivity index (χ1n) is 14.3. The van der Waals surface area contributed by atoms with Crippen molar-refractivity contribution in [1.29, 1.82) is 0 Å². The van der Waals surface area contributed by atoms with Crippen LogP contribution in [0.25, 0.3) is 10.2 Å². The number of amides is 2. The van der Waals surface area contributed by atoms with Crippen molar-refractivity contribution in [3.05, 3.63) is 61.5 Å². The van der Waals surface area contributed by atoms with Gasteiger partial charge >= 0.3 is 0 Å². The molecule has 0 atom stereocenters. The third-order valence-electron chi connectivity index (χ3n) is 7.37. The second-order valence-corrected chi connectivity index (χ2v) is 11.6. The van der Waals surface area contributed by atoms with Crippen molar-refractivity contribution in [3.63, 3.8) is 0 Å². The lowest BCUT2D eigenvalue weighted by molar-refractivity contribution is -0.384. The summed E-state index contributed by atoms with van der Waals surface area (Å²) in [6.07, 6.45) is 7.96. The lowest BCUT2D eigenvalue weighted by atomic mass is 9.95. The normalized spacial score (nSPS) is 15.8. The molecule has 0 bridgehead atoms. The number of benzene rings is 1. The molecule has 3 heterocycles. The molecule has 3 aromatic rings. The summed E-state index contributed by atoms with van der Waals surface area (Å²) in [5.41, 5.74) is 1.04. The van der Waals surface area contributed by atoms with Gasteiger partial charge < -0.3 is 15.1 Å². The van der Waals surface area contributed by atoms with E-state index < -0.39 is 4.92 Å². The minimum absolute atomic E-state index is 0.0338. The van der Waals surface area contributed by atoms with Crippen LogP contribution in [0.1, 0.15) is 67.6 Å². The molecule has 220 valence electrons. The highest BCUT2D eigenvalue weighted by atomic mass is 32.1. The molecule has 2 amide bonds. The van der Waals surface area contributed by atoms with Gasteiger partial charge in [0.1, 0.15) is 11.4 Å². The van der Waals surface area contributed by atoms with Crippen molar-refractivity contribution in [2.24, 2.45) is 0 Å². The Bertz CT molecular complexity index is 1450. The third-order valence-corrected chi connectivity index (χ3v) is 8.56. The van der Waals surface area contributed by atoms with Crippen LogP contribution in [0.3, 0.4) is 0 Å². The standard InChI is InChI=1S/C26H30N6O5S.C3H8/c1-17-22-24(27-16-31(25(22)34)15-21(33)28-18-6-3-2-4-7-18)38-23(17)26(35)30-12-10-29(11-13-30)19-8-5-9-20(14-19)32(36)37;1-3-2/h5,8-9,14,16,18H,2-4,6-7,10-13,15H2,1H3,(H,28,33);3H2,1-2H3. The van der Waals surface area contributed by atoms with Crippen LogP contribution in [0, 0.1) is 17.0 Å². The molecule has 0 unspecified atom stereocenters. The number of nitro benzene ring substituents is 1. The van der Waals surface area contributed by atoms with Crippen molar-refractivity contribution in [2.75, 3.05) is 31.1 Å². The van der Waals surface area contributed by atoms with Crippen LogP contribution in [-0.2, 0) is 11.3 Å². The highest BCUT2D eigenvalue weighted by molar-refractivity contribution is 7.20. The number of nitrogens with zero attached hydrogens (tertiary/aromatic N) is 5. The van der Waals surface area contributed by atoms with E-state index in [2.05, 4.69) is 24.1 Å². The Balaban J connectivity index is 0.00000124. The van der Waals surface area contributed by atoms with Gasteiger partial charge in [0.25, 0.3) is 17.2 Å². The molecular formula is C29H38N6O5S. The number of anilines is 1. The number of nitrogens with one attached hydrogen (secondary N) is 1. The Morgan fingerprint density at radius 3 is 2.46 bits per heavy atom. The highest BCUT2D eigenvalue weighted by Gasteiger charge is 2.27. The van der Waals surface area contributed by atoms with E-state index in [0.29, 0.717) is 46.8 Å². The monoisotopic (exact) mass is 582 g/mol. The van der Waals surface area contributed by atoms with Gasteiger partial charge in [-0.3, -0.25) is 29.1 Å². The molecule has 2 aliphatic rings. The number of nitro groups is 1. The summed E-state index contributed by atoms with van der Waals surface area (Å²) < 4.78 is 1.31. The molecule has 5 rings (SSSR count). The fraction of sp³-hybridized carbons (Fsp3) is 0.517. The zero-order valence-corrected chi connectivity index (χ0v) is 24.7. The summed E-state index contributed by atoms with van der Waals surface area (Å²) in [7, 11) is 0. The average molecular weight is 583 g/mol. The van der Waals surface area contributed by atoms with E-state index in [1.54, 1.807) is 24.0 Å². The largest absolute Gasteiger partial charge is 0.368 e. The quantitative estimate of drug-likeness (QED) is 0.334. The number of thiophene rings is 1. The predicted molar refractivity (Wildman–Crippen MR) is 161 cm³/mol. The lowest BCUT2D eigenvalue weighted by Gasteiger charge is -2.36. The maximum absolute atomic E-state index is 13.4. The smallest absolute Gasteiger partial charge is 0.271 e. The van der Waals surface area contributed by atoms with E-state index in [1.807, 2.05) is 11.0 Å². The Morgan fingerprint density at radius 2 is 1.80 bits per heavy atom. The van der Waals surface area contributed by atoms with Gasteiger partial charge in [0.15, 0.2) is 0 Å². The number of non-ortho nitro benzene ring substituents is 1. The second kappa shape index (κ2) is 13.7. The summed E-state index contributed by atoms with van der Waals surface area (Å²) in [6.45, 7) is 7.88. The van der Waals surface area contributed by atoms with Crippen molar-refractivity contribution in [1.82, 2.24) is 19.8 Å². The summed E-state index contributed by atoms with van der Waals surface area (Å²) >= 11 is 1.19. The zero-order chi connectivity index (χ0) is 29.5. The summed E-state index contributed by atoms with van der Waals surface area (Å²) in [5.74, 6) is -0.365. The molecule has 1 aliphatic heterocycles. The fourth-order valence-corrected chi connectivity index (χ4v) is 6.37. The van der Waals surface area contributed by atoms with Crippen molar-refractivity contribution >= 4 is 44.7 Å². The van der Waals surface area contributed by atoms with Gasteiger partial charge in [-0.25, -0.2) is 4.98 Å². The van der Waals surface area contributed by atoms with Gasteiger partial charge in [0.2, 0.25) is 5.91 Å². The molecule has 1 aliphatic carbocycles. The number of piperazine rings is 1. The first-order chi connectivity index (χ1) is 19.7. The van der Waals surface area contributed by atoms with Crippen LogP contribution in [0.15, 0.2) is 35.4 Å². The number of fused-ring (bicyclic) bond motifs is 1. The van der Waals surface area contributed by atoms with Gasteiger partial charge in [-0.05, 0) is 31.4 Å². The number of rotatable bonds is 6. The molecule has 1 N–H and O–H groups in total. The van der Waals surface area contributed by atoms with Gasteiger partial charge in [0.05, 0.1) is 21.5 Å². The van der Waals surface area contributed by atoms with Crippen LogP contribution in [-0.4, -0.2) is 63.4 Å². The number of carbonyl (C=O) groups excluding carboxylic acids is 2. The van der Waals surface area contributed by atoms with E-state index >= 15 is 0 Å². The predicted octanol–water partition coefficient (Wildman–Crippen LogP) is 4.50. The molecule has 12 heteroatoms. The molecular weight excluding hydrogens is 544 g/mol. The summed E-state index contributed by atoms with van der Waals surface area (Å²) in [4.78, 5) is 59.0. The first kappa shape index (κ1) is 30.2. The average Bonchev–Trinajstić information content (AvgIpc) is 3.32. The maximum Gasteiger partial charge on any atom is 0.271 e. The number of aryl methyl sites for hydroxylation is 1. The van der Waals surface area contributed by atoms with E-state index in [-0.39, 0.29) is 35.6 Å². The van der Waals surface area contributed by atoms with E-state index in [1.165, 1.54) is 41.1 Å². The zero-order valence-electron chi connectivity index (χ0n) is 23.9. The molecule has 1 aromatic carbocycles. The van der Waals surface area contributed by atoms with Gasteiger partial charge in [0, 0.05) is 50.0 Å². The van der Waals surface area contributed by atoms with E-state index in [4.69, 9.17) is 0 Å².